The van der Waals surface area contributed by atoms with Crippen molar-refractivity contribution >= 4 is 5.91 Å². The first-order chi connectivity index (χ1) is 8.29. The van der Waals surface area contributed by atoms with Crippen molar-refractivity contribution in [2.75, 3.05) is 6.54 Å². The van der Waals surface area contributed by atoms with Crippen LogP contribution < -0.4 is 11.1 Å². The van der Waals surface area contributed by atoms with Crippen LogP contribution in [0.25, 0.3) is 0 Å². The summed E-state index contributed by atoms with van der Waals surface area (Å²) in [5.41, 5.74) is 6.39. The van der Waals surface area contributed by atoms with Crippen molar-refractivity contribution in [3.8, 4) is 0 Å². The Morgan fingerprint density at radius 1 is 1.47 bits per heavy atom. The van der Waals surface area contributed by atoms with Gasteiger partial charge in [0.15, 0.2) is 0 Å². The number of nitrogens with two attached hydrogens (primary N) is 1. The van der Waals surface area contributed by atoms with Gasteiger partial charge in [-0.05, 0) is 38.1 Å². The van der Waals surface area contributed by atoms with E-state index in [0.717, 1.165) is 37.9 Å². The van der Waals surface area contributed by atoms with Gasteiger partial charge in [0.05, 0.1) is 6.54 Å². The van der Waals surface area contributed by atoms with Gasteiger partial charge in [-0.3, -0.25) is 4.79 Å². The van der Waals surface area contributed by atoms with Crippen LogP contribution >= 0.6 is 0 Å². The standard InChI is InChI=1S/C12H19N3O2/c13-7-9-1-3-10(4-2-9)12(16)14-8-11-5-6-17-15-11/h5-6,9-10H,1-4,7-8,13H2,(H,14,16). The van der Waals surface area contributed by atoms with E-state index in [2.05, 4.69) is 10.5 Å². The Kier molecular flexibility index (Phi) is 4.14. The number of rotatable bonds is 4. The third-order valence-corrected chi connectivity index (χ3v) is 3.49. The van der Waals surface area contributed by atoms with Crippen LogP contribution in [-0.2, 0) is 11.3 Å². The number of carbonyl (C=O) groups is 1. The van der Waals surface area contributed by atoms with E-state index in [-0.39, 0.29) is 11.8 Å². The van der Waals surface area contributed by atoms with Gasteiger partial charge in [-0.1, -0.05) is 5.16 Å². The Bertz CT molecular complexity index is 343. The van der Waals surface area contributed by atoms with E-state index >= 15 is 0 Å². The molecule has 0 aromatic carbocycles. The molecule has 0 bridgehead atoms. The first-order valence-electron chi connectivity index (χ1n) is 6.16. The number of nitrogens with zero attached hydrogens (tertiary/aromatic N) is 1. The molecule has 1 saturated carbocycles. The molecular formula is C12H19N3O2. The maximum Gasteiger partial charge on any atom is 0.223 e. The van der Waals surface area contributed by atoms with Crippen LogP contribution in [-0.4, -0.2) is 17.6 Å². The fourth-order valence-electron chi connectivity index (χ4n) is 2.31. The quantitative estimate of drug-likeness (QED) is 0.820. The summed E-state index contributed by atoms with van der Waals surface area (Å²) in [5, 5.41) is 6.65. The normalized spacial score (nSPS) is 24.5. The highest BCUT2D eigenvalue weighted by atomic mass is 16.5. The second-order valence-electron chi connectivity index (χ2n) is 4.66. The first kappa shape index (κ1) is 12.1. The van der Waals surface area contributed by atoms with E-state index in [1.165, 1.54) is 6.26 Å². The number of carbonyl (C=O) groups excluding carboxylic acids is 1. The molecule has 0 saturated heterocycles. The summed E-state index contributed by atoms with van der Waals surface area (Å²) in [6.07, 6.45) is 5.55. The average molecular weight is 237 g/mol. The summed E-state index contributed by atoms with van der Waals surface area (Å²) in [5.74, 6) is 0.878. The molecule has 1 aromatic rings. The van der Waals surface area contributed by atoms with Crippen molar-refractivity contribution in [3.63, 3.8) is 0 Å². The third-order valence-electron chi connectivity index (χ3n) is 3.49. The zero-order chi connectivity index (χ0) is 12.1. The molecule has 94 valence electrons. The monoisotopic (exact) mass is 237 g/mol. The number of aromatic nitrogens is 1. The lowest BCUT2D eigenvalue weighted by Crippen LogP contribution is -2.34. The topological polar surface area (TPSA) is 81.2 Å². The summed E-state index contributed by atoms with van der Waals surface area (Å²) in [7, 11) is 0. The molecule has 0 radical (unpaired) electrons. The van der Waals surface area contributed by atoms with E-state index in [0.29, 0.717) is 12.5 Å². The number of hydrogen-bond donors (Lipinski definition) is 2. The molecule has 5 heteroatoms. The second kappa shape index (κ2) is 5.82. The van der Waals surface area contributed by atoms with Crippen molar-refractivity contribution in [3.05, 3.63) is 18.0 Å². The molecule has 1 aromatic heterocycles. The molecule has 0 atom stereocenters. The minimum Gasteiger partial charge on any atom is -0.364 e. The van der Waals surface area contributed by atoms with Gasteiger partial charge in [0.2, 0.25) is 5.91 Å². The lowest BCUT2D eigenvalue weighted by molar-refractivity contribution is -0.126. The fraction of sp³-hybridized carbons (Fsp3) is 0.667. The molecule has 2 rings (SSSR count). The van der Waals surface area contributed by atoms with Crippen LogP contribution in [0.1, 0.15) is 31.4 Å². The average Bonchev–Trinajstić information content (AvgIpc) is 2.89. The van der Waals surface area contributed by atoms with Gasteiger partial charge in [-0.25, -0.2) is 0 Å². The Labute approximate surface area is 101 Å². The minimum atomic E-state index is 0.128. The molecule has 17 heavy (non-hydrogen) atoms. The fourth-order valence-corrected chi connectivity index (χ4v) is 2.31. The molecule has 0 unspecified atom stereocenters. The molecule has 3 N–H and O–H groups in total. The van der Waals surface area contributed by atoms with E-state index in [9.17, 15) is 4.79 Å². The summed E-state index contributed by atoms with van der Waals surface area (Å²) >= 11 is 0. The molecule has 1 fully saturated rings. The van der Waals surface area contributed by atoms with Crippen molar-refractivity contribution in [2.24, 2.45) is 17.6 Å². The Hall–Kier alpha value is -1.36. The summed E-state index contributed by atoms with van der Waals surface area (Å²) in [6, 6.07) is 1.76. The Morgan fingerprint density at radius 3 is 2.82 bits per heavy atom. The van der Waals surface area contributed by atoms with Crippen molar-refractivity contribution < 1.29 is 9.32 Å². The van der Waals surface area contributed by atoms with Crippen molar-refractivity contribution in [1.29, 1.82) is 0 Å². The molecule has 1 heterocycles. The van der Waals surface area contributed by atoms with Gasteiger partial charge in [0, 0.05) is 12.0 Å². The number of hydrogen-bond acceptors (Lipinski definition) is 4. The zero-order valence-electron chi connectivity index (χ0n) is 9.89. The van der Waals surface area contributed by atoms with Crippen LogP contribution in [0.5, 0.6) is 0 Å². The number of nitrogens with one attached hydrogen (secondary N) is 1. The Morgan fingerprint density at radius 2 is 2.24 bits per heavy atom. The lowest BCUT2D eigenvalue weighted by atomic mass is 9.81. The largest absolute Gasteiger partial charge is 0.364 e. The summed E-state index contributed by atoms with van der Waals surface area (Å²) < 4.78 is 4.71. The predicted molar refractivity (Wildman–Crippen MR) is 62.9 cm³/mol. The Balaban J connectivity index is 1.73. The van der Waals surface area contributed by atoms with Crippen LogP contribution in [0.15, 0.2) is 16.9 Å². The summed E-state index contributed by atoms with van der Waals surface area (Å²) in [4.78, 5) is 11.9. The first-order valence-corrected chi connectivity index (χ1v) is 6.16. The van der Waals surface area contributed by atoms with Crippen LogP contribution in [0.2, 0.25) is 0 Å². The van der Waals surface area contributed by atoms with E-state index in [1.54, 1.807) is 6.07 Å². The highest BCUT2D eigenvalue weighted by Gasteiger charge is 2.25. The second-order valence-corrected chi connectivity index (χ2v) is 4.66. The molecular weight excluding hydrogens is 218 g/mol. The van der Waals surface area contributed by atoms with E-state index in [1.807, 2.05) is 0 Å². The third kappa shape index (κ3) is 3.30. The van der Waals surface area contributed by atoms with Crippen LogP contribution in [0.4, 0.5) is 0 Å². The van der Waals surface area contributed by atoms with Gasteiger partial charge in [0.25, 0.3) is 0 Å². The molecule has 1 aliphatic carbocycles. The maximum absolute atomic E-state index is 11.9. The van der Waals surface area contributed by atoms with Crippen LogP contribution in [0.3, 0.4) is 0 Å². The van der Waals surface area contributed by atoms with Gasteiger partial charge in [0.1, 0.15) is 12.0 Å². The SMILES string of the molecule is NCC1CCC(C(=O)NCc2ccon2)CC1. The summed E-state index contributed by atoms with van der Waals surface area (Å²) in [6.45, 7) is 1.19. The maximum atomic E-state index is 11.9. The highest BCUT2D eigenvalue weighted by Crippen LogP contribution is 2.28. The van der Waals surface area contributed by atoms with Gasteiger partial charge >= 0.3 is 0 Å². The molecule has 0 aliphatic heterocycles. The van der Waals surface area contributed by atoms with Crippen LogP contribution in [0, 0.1) is 11.8 Å². The molecule has 0 spiro atoms. The van der Waals surface area contributed by atoms with E-state index in [4.69, 9.17) is 10.3 Å². The smallest absolute Gasteiger partial charge is 0.223 e. The van der Waals surface area contributed by atoms with Gasteiger partial charge < -0.3 is 15.6 Å². The number of amides is 1. The lowest BCUT2D eigenvalue weighted by Gasteiger charge is -2.26. The molecule has 1 amide bonds. The van der Waals surface area contributed by atoms with E-state index < -0.39 is 0 Å². The molecule has 1 aliphatic rings. The highest BCUT2D eigenvalue weighted by molar-refractivity contribution is 5.78. The van der Waals surface area contributed by atoms with Gasteiger partial charge in [-0.2, -0.15) is 0 Å². The minimum absolute atomic E-state index is 0.128. The van der Waals surface area contributed by atoms with Crippen molar-refractivity contribution in [2.45, 2.75) is 32.2 Å². The van der Waals surface area contributed by atoms with Gasteiger partial charge in [-0.15, -0.1) is 0 Å². The predicted octanol–water partition coefficient (Wildman–Crippen LogP) is 1.06. The van der Waals surface area contributed by atoms with Crippen molar-refractivity contribution in [1.82, 2.24) is 10.5 Å². The zero-order valence-corrected chi connectivity index (χ0v) is 9.89. The molecule has 5 nitrogen and oxygen atoms in total.